The molecule has 0 amide bonds. The number of hydrogen-bond acceptors (Lipinski definition) is 4. The largest absolute Gasteiger partial charge is 0.478 e. The third-order valence-electron chi connectivity index (χ3n) is 5.12. The number of carboxylic acids is 1. The highest BCUT2D eigenvalue weighted by Crippen LogP contribution is 2.37. The van der Waals surface area contributed by atoms with E-state index in [1.807, 2.05) is 0 Å². The van der Waals surface area contributed by atoms with Gasteiger partial charge in [-0.2, -0.15) is 23.0 Å². The molecule has 0 aliphatic carbocycles. The van der Waals surface area contributed by atoms with Gasteiger partial charge in [-0.1, -0.05) is 29.8 Å². The van der Waals surface area contributed by atoms with Crippen LogP contribution in [0.3, 0.4) is 0 Å². The Hall–Kier alpha value is -3.76. The number of alkyl halides is 3. The van der Waals surface area contributed by atoms with Crippen LogP contribution in [0.15, 0.2) is 54.6 Å². The van der Waals surface area contributed by atoms with Crippen molar-refractivity contribution in [3.8, 4) is 11.3 Å². The molecule has 4 rings (SSSR count). The lowest BCUT2D eigenvalue weighted by Crippen LogP contribution is -2.20. The van der Waals surface area contributed by atoms with Gasteiger partial charge < -0.3 is 10.2 Å². The van der Waals surface area contributed by atoms with E-state index in [2.05, 4.69) is 5.10 Å². The van der Waals surface area contributed by atoms with Crippen LogP contribution < -0.4 is 0 Å². The average molecular weight is 493 g/mol. The van der Waals surface area contributed by atoms with Crippen LogP contribution in [-0.4, -0.2) is 31.9 Å². The Bertz CT molecular complexity index is 1460. The van der Waals surface area contributed by atoms with E-state index >= 15 is 0 Å². The SMILES string of the molecule is O=C(O)c1ccc(-c2nn(C(=O)c3c(Cl)cccc3C(F)(F)F)c3cc(CO)ccc23)c(F)c1. The zero-order chi connectivity index (χ0) is 24.8. The summed E-state index contributed by atoms with van der Waals surface area (Å²) >= 11 is 5.97. The Labute approximate surface area is 193 Å². The number of aliphatic hydroxyl groups is 1. The molecule has 34 heavy (non-hydrogen) atoms. The number of carbonyl (C=O) groups excluding carboxylic acids is 1. The summed E-state index contributed by atoms with van der Waals surface area (Å²) in [6, 6.07) is 10.2. The van der Waals surface area contributed by atoms with Crippen molar-refractivity contribution in [1.82, 2.24) is 9.78 Å². The van der Waals surface area contributed by atoms with Crippen molar-refractivity contribution < 1.29 is 37.4 Å². The lowest BCUT2D eigenvalue weighted by molar-refractivity contribution is -0.137. The van der Waals surface area contributed by atoms with Gasteiger partial charge in [0, 0.05) is 10.9 Å². The highest BCUT2D eigenvalue weighted by Gasteiger charge is 2.37. The summed E-state index contributed by atoms with van der Waals surface area (Å²) in [6.07, 6.45) is -4.89. The fraction of sp³-hybridized carbons (Fsp3) is 0.0870. The third-order valence-corrected chi connectivity index (χ3v) is 5.44. The predicted molar refractivity (Wildman–Crippen MR) is 114 cm³/mol. The molecule has 4 aromatic rings. The number of benzene rings is 3. The molecule has 0 saturated heterocycles. The molecule has 1 aromatic heterocycles. The molecule has 0 bridgehead atoms. The van der Waals surface area contributed by atoms with Crippen molar-refractivity contribution in [3.63, 3.8) is 0 Å². The zero-order valence-corrected chi connectivity index (χ0v) is 17.7. The van der Waals surface area contributed by atoms with E-state index in [4.69, 9.17) is 16.7 Å². The van der Waals surface area contributed by atoms with Gasteiger partial charge in [-0.15, -0.1) is 0 Å². The molecule has 0 aliphatic heterocycles. The van der Waals surface area contributed by atoms with Gasteiger partial charge in [-0.05, 0) is 42.0 Å². The van der Waals surface area contributed by atoms with Crippen LogP contribution in [0.5, 0.6) is 0 Å². The number of aromatic nitrogens is 2. The molecule has 0 atom stereocenters. The van der Waals surface area contributed by atoms with Crippen LogP contribution in [-0.2, 0) is 12.8 Å². The molecule has 174 valence electrons. The van der Waals surface area contributed by atoms with E-state index in [0.717, 1.165) is 30.3 Å². The first-order chi connectivity index (χ1) is 16.0. The van der Waals surface area contributed by atoms with Crippen molar-refractivity contribution in [1.29, 1.82) is 0 Å². The first kappa shape index (κ1) is 23.4. The van der Waals surface area contributed by atoms with Gasteiger partial charge >= 0.3 is 12.1 Å². The summed E-state index contributed by atoms with van der Waals surface area (Å²) in [5, 5.41) is 22.4. The third kappa shape index (κ3) is 4.02. The highest BCUT2D eigenvalue weighted by molar-refractivity contribution is 6.34. The predicted octanol–water partition coefficient (Wildman–Crippen LogP) is 5.39. The normalized spacial score (nSPS) is 11.7. The summed E-state index contributed by atoms with van der Waals surface area (Å²) in [4.78, 5) is 24.4. The lowest BCUT2D eigenvalue weighted by Gasteiger charge is -2.13. The highest BCUT2D eigenvalue weighted by atomic mass is 35.5. The standard InChI is InChI=1S/C23H13ClF4N2O4/c24-16-3-1-2-15(23(26,27)28)19(16)21(32)30-18-8-11(10-31)4-6-14(18)20(29-30)13-7-5-12(22(33)34)9-17(13)25/h1-9,31H,10H2,(H,33,34). The number of fused-ring (bicyclic) bond motifs is 1. The molecule has 3 aromatic carbocycles. The van der Waals surface area contributed by atoms with Gasteiger partial charge in [-0.3, -0.25) is 4.79 Å². The van der Waals surface area contributed by atoms with Gasteiger partial charge in [0.1, 0.15) is 11.5 Å². The Balaban J connectivity index is 1.99. The number of carboxylic acid groups (broad SMARTS) is 1. The Morgan fingerprint density at radius 1 is 1.06 bits per heavy atom. The number of carbonyl (C=O) groups is 2. The van der Waals surface area contributed by atoms with Crippen LogP contribution in [0, 0.1) is 5.82 Å². The maximum Gasteiger partial charge on any atom is 0.417 e. The molecule has 0 radical (unpaired) electrons. The molecule has 0 fully saturated rings. The van der Waals surface area contributed by atoms with Crippen molar-refractivity contribution in [2.75, 3.05) is 0 Å². The second-order valence-electron chi connectivity index (χ2n) is 7.24. The summed E-state index contributed by atoms with van der Waals surface area (Å²) in [6.45, 7) is -0.438. The number of hydrogen-bond donors (Lipinski definition) is 2. The van der Waals surface area contributed by atoms with Crippen molar-refractivity contribution in [2.24, 2.45) is 0 Å². The maximum absolute atomic E-state index is 14.8. The number of nitrogens with zero attached hydrogens (tertiary/aromatic N) is 2. The zero-order valence-electron chi connectivity index (χ0n) is 16.9. The van der Waals surface area contributed by atoms with E-state index in [-0.39, 0.29) is 27.7 Å². The summed E-state index contributed by atoms with van der Waals surface area (Å²) in [5.74, 6) is -3.53. The topological polar surface area (TPSA) is 92.4 Å². The molecule has 0 spiro atoms. The second-order valence-corrected chi connectivity index (χ2v) is 7.64. The van der Waals surface area contributed by atoms with Crippen LogP contribution in [0.1, 0.15) is 31.8 Å². The molecule has 0 saturated carbocycles. The maximum atomic E-state index is 14.8. The molecule has 2 N–H and O–H groups in total. The van der Waals surface area contributed by atoms with Gasteiger partial charge in [0.05, 0.1) is 33.8 Å². The molecular weight excluding hydrogens is 480 g/mol. The van der Waals surface area contributed by atoms with Crippen LogP contribution in [0.25, 0.3) is 22.2 Å². The molecule has 0 unspecified atom stereocenters. The van der Waals surface area contributed by atoms with Crippen molar-refractivity contribution in [3.05, 3.63) is 87.7 Å². The van der Waals surface area contributed by atoms with Crippen molar-refractivity contribution >= 4 is 34.4 Å². The number of aliphatic hydroxyl groups excluding tert-OH is 1. The molecule has 1 heterocycles. The van der Waals surface area contributed by atoms with E-state index in [1.54, 1.807) is 0 Å². The quantitative estimate of drug-likeness (QED) is 0.372. The van der Waals surface area contributed by atoms with Gasteiger partial charge in [0.25, 0.3) is 5.91 Å². The van der Waals surface area contributed by atoms with E-state index in [9.17, 15) is 32.3 Å². The fourth-order valence-corrected chi connectivity index (χ4v) is 3.79. The number of aromatic carboxylic acids is 1. The van der Waals surface area contributed by atoms with Crippen molar-refractivity contribution in [2.45, 2.75) is 12.8 Å². The minimum absolute atomic E-state index is 0.00121. The lowest BCUT2D eigenvalue weighted by atomic mass is 10.0. The second kappa shape index (κ2) is 8.54. The van der Waals surface area contributed by atoms with Crippen LogP contribution in [0.2, 0.25) is 5.02 Å². The molecular formula is C23H13ClF4N2O4. The first-order valence-electron chi connectivity index (χ1n) is 9.59. The van der Waals surface area contributed by atoms with E-state index in [0.29, 0.717) is 16.3 Å². The fourth-order valence-electron chi connectivity index (χ4n) is 3.54. The summed E-state index contributed by atoms with van der Waals surface area (Å²) in [7, 11) is 0. The van der Waals surface area contributed by atoms with Crippen LogP contribution in [0.4, 0.5) is 17.6 Å². The van der Waals surface area contributed by atoms with E-state index in [1.165, 1.54) is 18.2 Å². The first-order valence-corrected chi connectivity index (χ1v) is 9.97. The average Bonchev–Trinajstić information content (AvgIpc) is 3.16. The Kier molecular flexibility index (Phi) is 5.88. The number of halogens is 5. The monoisotopic (exact) mass is 492 g/mol. The molecule has 11 heteroatoms. The molecule has 0 aliphatic rings. The van der Waals surface area contributed by atoms with Gasteiger partial charge in [0.15, 0.2) is 0 Å². The smallest absolute Gasteiger partial charge is 0.417 e. The summed E-state index contributed by atoms with van der Waals surface area (Å²) < 4.78 is 56.2. The van der Waals surface area contributed by atoms with Crippen LogP contribution >= 0.6 is 11.6 Å². The number of rotatable bonds is 4. The van der Waals surface area contributed by atoms with E-state index < -0.39 is 46.6 Å². The minimum atomic E-state index is -4.89. The van der Waals surface area contributed by atoms with Gasteiger partial charge in [0.2, 0.25) is 0 Å². The molecule has 6 nitrogen and oxygen atoms in total. The van der Waals surface area contributed by atoms with Gasteiger partial charge in [-0.25, -0.2) is 9.18 Å². The summed E-state index contributed by atoms with van der Waals surface area (Å²) in [5.41, 5.74) is -2.40. The Morgan fingerprint density at radius 3 is 2.41 bits per heavy atom. The Morgan fingerprint density at radius 2 is 1.79 bits per heavy atom. The minimum Gasteiger partial charge on any atom is -0.478 e.